The highest BCUT2D eigenvalue weighted by atomic mass is 16.6. The van der Waals surface area contributed by atoms with Gasteiger partial charge in [0.05, 0.1) is 36.6 Å². The molecule has 3 fully saturated rings. The van der Waals surface area contributed by atoms with Gasteiger partial charge in [-0.1, -0.05) is 91.0 Å². The van der Waals surface area contributed by atoms with E-state index in [0.717, 1.165) is 11.1 Å². The summed E-state index contributed by atoms with van der Waals surface area (Å²) in [4.78, 5) is 60.7. The molecule has 3 amide bonds. The summed E-state index contributed by atoms with van der Waals surface area (Å²) in [6.45, 7) is 13.0. The lowest BCUT2D eigenvalue weighted by Gasteiger charge is -2.40. The van der Waals surface area contributed by atoms with Gasteiger partial charge in [0.2, 0.25) is 11.8 Å². The Hall–Kier alpha value is -5.06. The van der Waals surface area contributed by atoms with E-state index in [9.17, 15) is 14.7 Å². The number of aliphatic hydroxyl groups is 1. The van der Waals surface area contributed by atoms with Crippen molar-refractivity contribution in [1.82, 2.24) is 10.2 Å². The van der Waals surface area contributed by atoms with E-state index in [1.165, 1.54) is 4.90 Å². The predicted octanol–water partition coefficient (Wildman–Crippen LogP) is 5.69. The number of allylic oxidation sites excluding steroid dienone is 1. The van der Waals surface area contributed by atoms with Gasteiger partial charge in [0.1, 0.15) is 17.7 Å². The summed E-state index contributed by atoms with van der Waals surface area (Å²) in [5.41, 5.74) is 2.45. The molecule has 3 aliphatic heterocycles. The third-order valence-corrected chi connectivity index (χ3v) is 11.0. The number of aliphatic hydroxyl groups excluding tert-OH is 1. The third-order valence-electron chi connectivity index (χ3n) is 11.0. The Bertz CT molecular complexity index is 1830. The van der Waals surface area contributed by atoms with E-state index >= 15 is 9.59 Å². The van der Waals surface area contributed by atoms with Crippen LogP contribution in [0.2, 0.25) is 0 Å². The molecule has 6 rings (SSSR count). The zero-order valence-corrected chi connectivity index (χ0v) is 30.6. The van der Waals surface area contributed by atoms with Crippen LogP contribution in [-0.2, 0) is 28.7 Å². The van der Waals surface area contributed by atoms with E-state index in [0.29, 0.717) is 36.1 Å². The van der Waals surface area contributed by atoms with E-state index in [4.69, 9.17) is 9.47 Å². The molecule has 0 aliphatic carbocycles. The lowest BCUT2D eigenvalue weighted by Crippen LogP contribution is -2.57. The lowest BCUT2D eigenvalue weighted by molar-refractivity contribution is -0.162. The number of nitrogens with one attached hydrogen (secondary N) is 1. The zero-order valence-electron chi connectivity index (χ0n) is 30.6. The number of carbonyl (C=O) groups excluding carboxylic acids is 4. The molecule has 1 spiro atoms. The zero-order chi connectivity index (χ0) is 37.9. The fourth-order valence-corrected chi connectivity index (χ4v) is 8.74. The van der Waals surface area contributed by atoms with Crippen molar-refractivity contribution in [3.05, 3.63) is 126 Å². The van der Waals surface area contributed by atoms with E-state index < -0.39 is 66.3 Å². The molecule has 3 aliphatic rings. The summed E-state index contributed by atoms with van der Waals surface area (Å²) in [5, 5.41) is 13.9. The second kappa shape index (κ2) is 15.9. The van der Waals surface area contributed by atoms with Gasteiger partial charge >= 0.3 is 5.97 Å². The van der Waals surface area contributed by atoms with E-state index in [2.05, 4.69) is 18.5 Å². The second-order valence-corrected chi connectivity index (χ2v) is 14.3. The number of fused-ring (bicyclic) bond motifs is 1. The van der Waals surface area contributed by atoms with Gasteiger partial charge in [-0.15, -0.1) is 13.2 Å². The maximum absolute atomic E-state index is 15.2. The fraction of sp³-hybridized carbons (Fsp3) is 0.395. The number of anilines is 1. The molecule has 0 unspecified atom stereocenters. The van der Waals surface area contributed by atoms with Gasteiger partial charge in [0.15, 0.2) is 0 Å². The molecule has 3 aromatic rings. The summed E-state index contributed by atoms with van der Waals surface area (Å²) in [6, 6.07) is 21.4. The molecule has 3 heterocycles. The molecule has 3 saturated heterocycles. The van der Waals surface area contributed by atoms with Crippen LogP contribution >= 0.6 is 0 Å². The van der Waals surface area contributed by atoms with Gasteiger partial charge in [-0.25, -0.2) is 0 Å². The largest absolute Gasteiger partial charge is 0.455 e. The molecule has 0 saturated carbocycles. The van der Waals surface area contributed by atoms with Crippen molar-refractivity contribution in [3.8, 4) is 0 Å². The quantitative estimate of drug-likeness (QED) is 0.153. The van der Waals surface area contributed by atoms with Crippen molar-refractivity contribution in [1.29, 1.82) is 0 Å². The summed E-state index contributed by atoms with van der Waals surface area (Å²) in [7, 11) is 0. The SMILES string of the molecule is C=CCCC(=O)N[C@H](C)[C@@H](OC(=O)[C@@H]1[C@@H]2CC[C@]3(O2)[C@H](C(=O)N(CC=C)c2c(C)cccc2C)N([C@H](CO)c2ccccc2)C(=O)[C@@H]13)c1ccccc1. The first-order valence-electron chi connectivity index (χ1n) is 18.4. The van der Waals surface area contributed by atoms with Gasteiger partial charge < -0.3 is 29.7 Å². The molecular weight excluding hydrogens is 670 g/mol. The summed E-state index contributed by atoms with van der Waals surface area (Å²) < 4.78 is 13.1. The molecule has 2 bridgehead atoms. The number of likely N-dealkylation sites (tertiary alicyclic amines) is 1. The lowest BCUT2D eigenvalue weighted by atomic mass is 9.70. The number of carbonyl (C=O) groups is 4. The number of hydrogen-bond acceptors (Lipinski definition) is 7. The Morgan fingerprint density at radius 1 is 1.00 bits per heavy atom. The minimum absolute atomic E-state index is 0.170. The van der Waals surface area contributed by atoms with Crippen LogP contribution in [-0.4, -0.2) is 70.6 Å². The number of ether oxygens (including phenoxy) is 2. The van der Waals surface area contributed by atoms with Crippen LogP contribution in [0.5, 0.6) is 0 Å². The Kier molecular flexibility index (Phi) is 11.3. The fourth-order valence-electron chi connectivity index (χ4n) is 8.74. The van der Waals surface area contributed by atoms with Gasteiger partial charge in [0.25, 0.3) is 5.91 Å². The Morgan fingerprint density at radius 3 is 2.25 bits per heavy atom. The van der Waals surface area contributed by atoms with Crippen molar-refractivity contribution >= 4 is 29.4 Å². The number of amides is 3. The van der Waals surface area contributed by atoms with Gasteiger partial charge in [-0.2, -0.15) is 0 Å². The monoisotopic (exact) mass is 719 g/mol. The first-order valence-corrected chi connectivity index (χ1v) is 18.4. The van der Waals surface area contributed by atoms with Gasteiger partial charge in [0, 0.05) is 18.7 Å². The molecular formula is C43H49N3O7. The van der Waals surface area contributed by atoms with Crippen LogP contribution in [0.4, 0.5) is 5.69 Å². The van der Waals surface area contributed by atoms with Crippen molar-refractivity contribution in [2.45, 2.75) is 82.4 Å². The van der Waals surface area contributed by atoms with E-state index in [1.807, 2.05) is 92.7 Å². The summed E-state index contributed by atoms with van der Waals surface area (Å²) in [6.07, 6.45) is 3.33. The maximum atomic E-state index is 15.2. The Labute approximate surface area is 311 Å². The van der Waals surface area contributed by atoms with Crippen LogP contribution in [0, 0.1) is 25.7 Å². The Morgan fingerprint density at radius 2 is 1.64 bits per heavy atom. The number of benzene rings is 3. The standard InChI is InChI=1S/C43H49N3O7/c1-6-8-22-34(48)44-29(5)38(31-20-13-10-14-21-31)52-42(51)35-33-23-24-43(53-33)36(35)40(49)46(32(26-47)30-18-11-9-12-19-30)39(43)41(50)45(25-7-2)37-27(3)16-15-17-28(37)4/h6-7,9-21,29,32-33,35-36,38-39,47H,1-2,8,22-26H2,3-5H3,(H,44,48)/t29-,32-,33+,35-,36-,38-,39+,43-/m1/s1. The molecule has 10 heteroatoms. The number of rotatable bonds is 15. The van der Waals surface area contributed by atoms with Gasteiger partial charge in [-0.05, 0) is 62.3 Å². The molecule has 2 N–H and O–H groups in total. The van der Waals surface area contributed by atoms with E-state index in [1.54, 1.807) is 24.0 Å². The smallest absolute Gasteiger partial charge is 0.313 e. The third kappa shape index (κ3) is 6.93. The van der Waals surface area contributed by atoms with Crippen molar-refractivity contribution in [3.63, 3.8) is 0 Å². The first-order chi connectivity index (χ1) is 25.6. The maximum Gasteiger partial charge on any atom is 0.313 e. The highest BCUT2D eigenvalue weighted by Gasteiger charge is 2.76. The molecule has 8 atom stereocenters. The molecule has 278 valence electrons. The van der Waals surface area contributed by atoms with Crippen molar-refractivity contribution < 1.29 is 33.8 Å². The second-order valence-electron chi connectivity index (χ2n) is 14.3. The number of hydrogen-bond donors (Lipinski definition) is 2. The number of nitrogens with zero attached hydrogens (tertiary/aromatic N) is 2. The predicted molar refractivity (Wildman–Crippen MR) is 201 cm³/mol. The summed E-state index contributed by atoms with van der Waals surface area (Å²) >= 11 is 0. The molecule has 10 nitrogen and oxygen atoms in total. The summed E-state index contributed by atoms with van der Waals surface area (Å²) in [5.74, 6) is -3.73. The Balaban J connectivity index is 1.41. The highest BCUT2D eigenvalue weighted by molar-refractivity contribution is 6.05. The van der Waals surface area contributed by atoms with Crippen LogP contribution in [0.25, 0.3) is 0 Å². The number of para-hydroxylation sites is 1. The first kappa shape index (κ1) is 37.7. The normalized spacial score (nSPS) is 24.5. The van der Waals surface area contributed by atoms with Crippen LogP contribution in [0.3, 0.4) is 0 Å². The highest BCUT2D eigenvalue weighted by Crippen LogP contribution is 2.60. The average molecular weight is 720 g/mol. The topological polar surface area (TPSA) is 125 Å². The van der Waals surface area contributed by atoms with Crippen LogP contribution in [0.1, 0.15) is 67.0 Å². The van der Waals surface area contributed by atoms with Crippen LogP contribution in [0.15, 0.2) is 104 Å². The van der Waals surface area contributed by atoms with Gasteiger partial charge in [-0.3, -0.25) is 19.2 Å². The minimum Gasteiger partial charge on any atom is -0.455 e. The minimum atomic E-state index is -1.35. The van der Waals surface area contributed by atoms with Crippen molar-refractivity contribution in [2.75, 3.05) is 18.1 Å². The number of esters is 1. The molecule has 0 aromatic heterocycles. The van der Waals surface area contributed by atoms with Crippen LogP contribution < -0.4 is 10.2 Å². The van der Waals surface area contributed by atoms with E-state index in [-0.39, 0.29) is 24.8 Å². The molecule has 53 heavy (non-hydrogen) atoms. The molecule has 0 radical (unpaired) electrons. The average Bonchev–Trinajstić information content (AvgIpc) is 3.81. The molecule has 3 aromatic carbocycles. The number of aryl methyl sites for hydroxylation is 2. The van der Waals surface area contributed by atoms with Crippen molar-refractivity contribution in [2.24, 2.45) is 11.8 Å².